The molecular weight excluding hydrogens is 171 g/mol. The Hall–Kier alpha value is -1.23. The van der Waals surface area contributed by atoms with E-state index >= 15 is 0 Å². The van der Waals surface area contributed by atoms with Crippen molar-refractivity contribution >= 4 is 5.95 Å². The van der Waals surface area contributed by atoms with Gasteiger partial charge < -0.3 is 10.6 Å². The number of halogens is 1. The van der Waals surface area contributed by atoms with Crippen LogP contribution in [0.3, 0.4) is 0 Å². The topological polar surface area (TPSA) is 49.8 Å². The highest BCUT2D eigenvalue weighted by Crippen LogP contribution is 2.05. The first-order valence-electron chi connectivity index (χ1n) is 4.29. The quantitative estimate of drug-likeness (QED) is 0.694. The molecule has 5 heteroatoms. The lowest BCUT2D eigenvalue weighted by atomic mass is 10.3. The van der Waals surface area contributed by atoms with E-state index in [2.05, 4.69) is 20.6 Å². The SMILES string of the molecule is Fc1cnc(N[C@H]2CCNC2)nc1. The largest absolute Gasteiger partial charge is 0.350 e. The molecule has 1 aromatic rings. The zero-order valence-electron chi connectivity index (χ0n) is 7.13. The van der Waals surface area contributed by atoms with Gasteiger partial charge in [0.15, 0.2) is 5.82 Å². The van der Waals surface area contributed by atoms with Gasteiger partial charge in [0, 0.05) is 12.6 Å². The molecule has 1 aromatic heterocycles. The summed E-state index contributed by atoms with van der Waals surface area (Å²) >= 11 is 0. The molecule has 4 nitrogen and oxygen atoms in total. The second kappa shape index (κ2) is 3.66. The summed E-state index contributed by atoms with van der Waals surface area (Å²) in [6.07, 6.45) is 3.39. The Labute approximate surface area is 75.6 Å². The summed E-state index contributed by atoms with van der Waals surface area (Å²) in [5.74, 6) is 0.0881. The van der Waals surface area contributed by atoms with Gasteiger partial charge in [-0.15, -0.1) is 0 Å². The van der Waals surface area contributed by atoms with Gasteiger partial charge in [-0.2, -0.15) is 0 Å². The summed E-state index contributed by atoms with van der Waals surface area (Å²) in [6.45, 7) is 1.93. The van der Waals surface area contributed by atoms with Crippen molar-refractivity contribution in [2.45, 2.75) is 12.5 Å². The van der Waals surface area contributed by atoms with Gasteiger partial charge in [0.2, 0.25) is 5.95 Å². The molecule has 0 bridgehead atoms. The van der Waals surface area contributed by atoms with Crippen molar-refractivity contribution in [3.8, 4) is 0 Å². The van der Waals surface area contributed by atoms with Crippen molar-refractivity contribution in [1.29, 1.82) is 0 Å². The maximum absolute atomic E-state index is 12.4. The molecule has 0 unspecified atom stereocenters. The van der Waals surface area contributed by atoms with Gasteiger partial charge in [-0.25, -0.2) is 14.4 Å². The minimum absolute atomic E-state index is 0.366. The van der Waals surface area contributed by atoms with E-state index in [-0.39, 0.29) is 0 Å². The van der Waals surface area contributed by atoms with Gasteiger partial charge in [0.1, 0.15) is 0 Å². The Morgan fingerprint density at radius 2 is 2.23 bits per heavy atom. The predicted molar refractivity (Wildman–Crippen MR) is 46.9 cm³/mol. The molecule has 1 aliphatic rings. The fraction of sp³-hybridized carbons (Fsp3) is 0.500. The first-order chi connectivity index (χ1) is 6.34. The molecule has 0 amide bonds. The second-order valence-electron chi connectivity index (χ2n) is 3.06. The molecule has 0 aromatic carbocycles. The average molecular weight is 182 g/mol. The van der Waals surface area contributed by atoms with Crippen LogP contribution in [0.25, 0.3) is 0 Å². The average Bonchev–Trinajstić information content (AvgIpc) is 2.62. The lowest BCUT2D eigenvalue weighted by molar-refractivity contribution is 0.613. The number of nitrogens with one attached hydrogen (secondary N) is 2. The van der Waals surface area contributed by atoms with E-state index in [0.29, 0.717) is 12.0 Å². The van der Waals surface area contributed by atoms with E-state index in [1.54, 1.807) is 0 Å². The lowest BCUT2D eigenvalue weighted by Gasteiger charge is -2.09. The molecule has 1 fully saturated rings. The standard InChI is InChI=1S/C8H11FN4/c9-6-3-11-8(12-4-6)13-7-1-2-10-5-7/h3-4,7,10H,1-2,5H2,(H,11,12,13)/t7-/m0/s1. The Bertz CT molecular complexity index is 268. The molecular formula is C8H11FN4. The van der Waals surface area contributed by atoms with Crippen molar-refractivity contribution < 1.29 is 4.39 Å². The van der Waals surface area contributed by atoms with Crippen LogP contribution in [-0.2, 0) is 0 Å². The summed E-state index contributed by atoms with van der Waals surface area (Å²) in [5, 5.41) is 6.33. The number of aromatic nitrogens is 2. The molecule has 2 rings (SSSR count). The van der Waals surface area contributed by atoms with E-state index in [9.17, 15) is 4.39 Å². The van der Waals surface area contributed by atoms with Crippen molar-refractivity contribution in [3.63, 3.8) is 0 Å². The smallest absolute Gasteiger partial charge is 0.223 e. The molecule has 0 radical (unpaired) electrons. The third-order valence-corrected chi connectivity index (χ3v) is 2.01. The summed E-state index contributed by atoms with van der Waals surface area (Å²) in [5.41, 5.74) is 0. The number of nitrogens with zero attached hydrogens (tertiary/aromatic N) is 2. The van der Waals surface area contributed by atoms with Crippen LogP contribution in [0.15, 0.2) is 12.4 Å². The Kier molecular flexibility index (Phi) is 2.35. The molecule has 1 atom stereocenters. The monoisotopic (exact) mass is 182 g/mol. The minimum Gasteiger partial charge on any atom is -0.350 e. The van der Waals surface area contributed by atoms with Gasteiger partial charge in [0.25, 0.3) is 0 Å². The van der Waals surface area contributed by atoms with Crippen molar-refractivity contribution in [1.82, 2.24) is 15.3 Å². The maximum Gasteiger partial charge on any atom is 0.223 e. The molecule has 0 aliphatic carbocycles. The molecule has 2 N–H and O–H groups in total. The van der Waals surface area contributed by atoms with Gasteiger partial charge in [-0.1, -0.05) is 0 Å². The van der Waals surface area contributed by atoms with E-state index in [1.807, 2.05) is 0 Å². The highest BCUT2D eigenvalue weighted by Gasteiger charge is 2.14. The summed E-state index contributed by atoms with van der Waals surface area (Å²) in [4.78, 5) is 7.63. The maximum atomic E-state index is 12.4. The van der Waals surface area contributed by atoms with Crippen molar-refractivity contribution in [3.05, 3.63) is 18.2 Å². The Balaban J connectivity index is 1.97. The van der Waals surface area contributed by atoms with Gasteiger partial charge in [-0.05, 0) is 13.0 Å². The van der Waals surface area contributed by atoms with Crippen LogP contribution in [0.5, 0.6) is 0 Å². The molecule has 70 valence electrons. The fourth-order valence-electron chi connectivity index (χ4n) is 1.35. The zero-order chi connectivity index (χ0) is 9.10. The third-order valence-electron chi connectivity index (χ3n) is 2.01. The second-order valence-corrected chi connectivity index (χ2v) is 3.06. The zero-order valence-corrected chi connectivity index (χ0v) is 7.13. The van der Waals surface area contributed by atoms with E-state index in [0.717, 1.165) is 31.9 Å². The Morgan fingerprint density at radius 3 is 2.85 bits per heavy atom. The summed E-state index contributed by atoms with van der Waals surface area (Å²) < 4.78 is 12.4. The van der Waals surface area contributed by atoms with Gasteiger partial charge in [-0.3, -0.25) is 0 Å². The van der Waals surface area contributed by atoms with Crippen LogP contribution >= 0.6 is 0 Å². The van der Waals surface area contributed by atoms with Gasteiger partial charge in [0.05, 0.1) is 12.4 Å². The summed E-state index contributed by atoms with van der Waals surface area (Å²) in [7, 11) is 0. The molecule has 2 heterocycles. The number of rotatable bonds is 2. The summed E-state index contributed by atoms with van der Waals surface area (Å²) in [6, 6.07) is 0.366. The number of hydrogen-bond acceptors (Lipinski definition) is 4. The van der Waals surface area contributed by atoms with Crippen molar-refractivity contribution in [2.75, 3.05) is 18.4 Å². The third kappa shape index (κ3) is 2.12. The highest BCUT2D eigenvalue weighted by molar-refractivity contribution is 5.25. The van der Waals surface area contributed by atoms with Gasteiger partial charge >= 0.3 is 0 Å². The van der Waals surface area contributed by atoms with Crippen LogP contribution in [0.2, 0.25) is 0 Å². The van der Waals surface area contributed by atoms with E-state index < -0.39 is 5.82 Å². The fourth-order valence-corrected chi connectivity index (χ4v) is 1.35. The van der Waals surface area contributed by atoms with Crippen molar-refractivity contribution in [2.24, 2.45) is 0 Å². The predicted octanol–water partition coefficient (Wildman–Crippen LogP) is 0.389. The van der Waals surface area contributed by atoms with Crippen LogP contribution < -0.4 is 10.6 Å². The number of anilines is 1. The first-order valence-corrected chi connectivity index (χ1v) is 4.29. The van der Waals surface area contributed by atoms with Crippen LogP contribution in [-0.4, -0.2) is 29.1 Å². The normalized spacial score (nSPS) is 21.8. The number of hydrogen-bond donors (Lipinski definition) is 2. The Morgan fingerprint density at radius 1 is 1.46 bits per heavy atom. The molecule has 1 saturated heterocycles. The minimum atomic E-state index is -0.407. The van der Waals surface area contributed by atoms with E-state index in [4.69, 9.17) is 0 Å². The molecule has 13 heavy (non-hydrogen) atoms. The first kappa shape index (κ1) is 8.37. The lowest BCUT2D eigenvalue weighted by Crippen LogP contribution is -2.23. The van der Waals surface area contributed by atoms with Crippen LogP contribution in [0.1, 0.15) is 6.42 Å². The van der Waals surface area contributed by atoms with E-state index in [1.165, 1.54) is 0 Å². The van der Waals surface area contributed by atoms with Crippen LogP contribution in [0, 0.1) is 5.82 Å². The molecule has 0 saturated carbocycles. The molecule has 0 spiro atoms. The highest BCUT2D eigenvalue weighted by atomic mass is 19.1. The van der Waals surface area contributed by atoms with Crippen LogP contribution in [0.4, 0.5) is 10.3 Å². The molecule has 1 aliphatic heterocycles.